The monoisotopic (exact) mass is 399 g/mol. The molecule has 1 amide bonds. The molecule has 142 valence electrons. The van der Waals surface area contributed by atoms with Crippen LogP contribution in [0.25, 0.3) is 10.2 Å². The fraction of sp³-hybridized carbons (Fsp3) is 0.381. The average molecular weight is 400 g/mol. The van der Waals surface area contributed by atoms with Crippen LogP contribution in [0.3, 0.4) is 0 Å². The minimum absolute atomic E-state index is 0.00730. The van der Waals surface area contributed by atoms with Crippen molar-refractivity contribution < 1.29 is 4.79 Å². The highest BCUT2D eigenvalue weighted by atomic mass is 32.2. The molecule has 0 saturated heterocycles. The van der Waals surface area contributed by atoms with E-state index in [9.17, 15) is 4.79 Å². The number of nitrogens with one attached hydrogen (secondary N) is 1. The van der Waals surface area contributed by atoms with Gasteiger partial charge in [0.15, 0.2) is 0 Å². The third kappa shape index (κ3) is 4.17. The zero-order chi connectivity index (χ0) is 19.6. The minimum atomic E-state index is -0.257. The topological polar surface area (TPSA) is 54.9 Å². The first kappa shape index (κ1) is 19.8. The number of hydrogen-bond donors (Lipinski definition) is 1. The van der Waals surface area contributed by atoms with Gasteiger partial charge in [-0.05, 0) is 50.3 Å². The largest absolute Gasteiger partial charge is 0.325 e. The Kier molecular flexibility index (Phi) is 6.17. The molecule has 2 atom stereocenters. The number of amides is 1. The normalized spacial score (nSPS) is 13.5. The van der Waals surface area contributed by atoms with Crippen molar-refractivity contribution in [2.45, 2.75) is 57.2 Å². The molecule has 27 heavy (non-hydrogen) atoms. The predicted molar refractivity (Wildman–Crippen MR) is 116 cm³/mol. The summed E-state index contributed by atoms with van der Waals surface area (Å²) in [6.45, 7) is 10.5. The van der Waals surface area contributed by atoms with E-state index in [1.807, 2.05) is 25.1 Å². The Bertz CT molecular complexity index is 967. The van der Waals surface area contributed by atoms with Gasteiger partial charge in [0.25, 0.3) is 0 Å². The van der Waals surface area contributed by atoms with Crippen LogP contribution in [0, 0.1) is 13.8 Å². The molecule has 0 radical (unpaired) electrons. The number of rotatable bonds is 6. The fourth-order valence-electron chi connectivity index (χ4n) is 2.96. The lowest BCUT2D eigenvalue weighted by Gasteiger charge is -2.17. The van der Waals surface area contributed by atoms with Gasteiger partial charge in [-0.2, -0.15) is 0 Å². The maximum absolute atomic E-state index is 12.8. The number of thioether (sulfide) groups is 1. The van der Waals surface area contributed by atoms with E-state index < -0.39 is 0 Å². The van der Waals surface area contributed by atoms with E-state index in [-0.39, 0.29) is 11.2 Å². The molecule has 4 nitrogen and oxygen atoms in total. The Morgan fingerprint density at radius 3 is 2.70 bits per heavy atom. The highest BCUT2D eigenvalue weighted by molar-refractivity contribution is 8.00. The van der Waals surface area contributed by atoms with E-state index in [4.69, 9.17) is 0 Å². The Labute approximate surface area is 168 Å². The van der Waals surface area contributed by atoms with Crippen LogP contribution >= 0.6 is 23.1 Å². The van der Waals surface area contributed by atoms with Crippen LogP contribution in [0.2, 0.25) is 0 Å². The predicted octanol–water partition coefficient (Wildman–Crippen LogP) is 5.94. The van der Waals surface area contributed by atoms with Crippen LogP contribution in [0.4, 0.5) is 5.69 Å². The van der Waals surface area contributed by atoms with E-state index in [1.54, 1.807) is 17.7 Å². The van der Waals surface area contributed by atoms with Crippen molar-refractivity contribution in [1.29, 1.82) is 0 Å². The van der Waals surface area contributed by atoms with Gasteiger partial charge in [0.05, 0.1) is 5.25 Å². The molecule has 0 aliphatic carbocycles. The summed E-state index contributed by atoms with van der Waals surface area (Å²) in [6, 6.07) is 8.05. The highest BCUT2D eigenvalue weighted by Gasteiger charge is 2.20. The lowest BCUT2D eigenvalue weighted by Crippen LogP contribution is -2.23. The molecule has 0 spiro atoms. The second-order valence-corrected chi connectivity index (χ2v) is 9.32. The summed E-state index contributed by atoms with van der Waals surface area (Å²) >= 11 is 3.17. The summed E-state index contributed by atoms with van der Waals surface area (Å²) in [7, 11) is 0. The van der Waals surface area contributed by atoms with Gasteiger partial charge in [0.1, 0.15) is 16.2 Å². The number of carbonyl (C=O) groups is 1. The van der Waals surface area contributed by atoms with Gasteiger partial charge in [0.2, 0.25) is 5.91 Å². The number of benzene rings is 1. The molecule has 1 aromatic carbocycles. The maximum atomic E-state index is 12.8. The van der Waals surface area contributed by atoms with Crippen LogP contribution in [-0.2, 0) is 4.79 Å². The average Bonchev–Trinajstić information content (AvgIpc) is 2.96. The number of para-hydroxylation sites is 1. The number of aryl methyl sites for hydroxylation is 2. The van der Waals surface area contributed by atoms with E-state index in [0.717, 1.165) is 27.4 Å². The third-order valence-electron chi connectivity index (χ3n) is 4.95. The lowest BCUT2D eigenvalue weighted by atomic mass is 9.97. The molecular weight excluding hydrogens is 374 g/mol. The van der Waals surface area contributed by atoms with Crippen molar-refractivity contribution in [2.24, 2.45) is 0 Å². The zero-order valence-electron chi connectivity index (χ0n) is 16.4. The Morgan fingerprint density at radius 2 is 1.96 bits per heavy atom. The van der Waals surface area contributed by atoms with Crippen LogP contribution in [0.1, 0.15) is 49.1 Å². The maximum Gasteiger partial charge on any atom is 0.237 e. The third-order valence-corrected chi connectivity index (χ3v) is 7.17. The Morgan fingerprint density at radius 1 is 1.22 bits per heavy atom. The number of carbonyl (C=O) groups excluding carboxylic acids is 1. The molecule has 2 heterocycles. The Balaban J connectivity index is 1.80. The molecule has 6 heteroatoms. The van der Waals surface area contributed by atoms with E-state index in [1.165, 1.54) is 27.8 Å². The quantitative estimate of drug-likeness (QED) is 0.411. The minimum Gasteiger partial charge on any atom is -0.325 e. The highest BCUT2D eigenvalue weighted by Crippen LogP contribution is 2.36. The van der Waals surface area contributed by atoms with Gasteiger partial charge in [-0.15, -0.1) is 11.3 Å². The van der Waals surface area contributed by atoms with Gasteiger partial charge < -0.3 is 5.32 Å². The number of thiophene rings is 1. The molecule has 1 N–H and O–H groups in total. The number of nitrogens with zero attached hydrogens (tertiary/aromatic N) is 2. The van der Waals surface area contributed by atoms with Gasteiger partial charge in [-0.3, -0.25) is 4.79 Å². The summed E-state index contributed by atoms with van der Waals surface area (Å²) in [5.41, 5.74) is 3.28. The van der Waals surface area contributed by atoms with Crippen molar-refractivity contribution in [2.75, 3.05) is 5.32 Å². The van der Waals surface area contributed by atoms with Crippen LogP contribution in [0.15, 0.2) is 35.6 Å². The van der Waals surface area contributed by atoms with Crippen LogP contribution < -0.4 is 5.32 Å². The number of fused-ring (bicyclic) bond motifs is 1. The number of anilines is 1. The SMILES string of the molecule is CCC(C)c1ccccc1NC(=O)C(C)Sc1ncnc2sc(C)c(C)c12. The number of aromatic nitrogens is 2. The summed E-state index contributed by atoms with van der Waals surface area (Å²) in [5.74, 6) is 0.398. The van der Waals surface area contributed by atoms with Crippen molar-refractivity contribution >= 4 is 44.9 Å². The van der Waals surface area contributed by atoms with E-state index >= 15 is 0 Å². The summed E-state index contributed by atoms with van der Waals surface area (Å²) in [5, 5.41) is 4.80. The van der Waals surface area contributed by atoms with Gasteiger partial charge in [0, 0.05) is 16.0 Å². The molecule has 3 rings (SSSR count). The van der Waals surface area contributed by atoms with Crippen molar-refractivity contribution in [3.8, 4) is 0 Å². The first-order valence-electron chi connectivity index (χ1n) is 9.19. The molecule has 0 fully saturated rings. The van der Waals surface area contributed by atoms with Crippen molar-refractivity contribution in [1.82, 2.24) is 9.97 Å². The molecule has 0 bridgehead atoms. The molecule has 2 aromatic heterocycles. The fourth-order valence-corrected chi connectivity index (χ4v) is 4.99. The standard InChI is InChI=1S/C21H25N3OS2/c1-6-12(2)16-9-7-8-10-17(16)24-19(25)15(5)27-21-18-13(3)14(4)26-20(18)22-11-23-21/h7-12,15H,6H2,1-5H3,(H,24,25). The lowest BCUT2D eigenvalue weighted by molar-refractivity contribution is -0.115. The summed E-state index contributed by atoms with van der Waals surface area (Å²) < 4.78 is 0. The second kappa shape index (κ2) is 8.40. The van der Waals surface area contributed by atoms with Crippen molar-refractivity contribution in [3.63, 3.8) is 0 Å². The van der Waals surface area contributed by atoms with Crippen LogP contribution in [-0.4, -0.2) is 21.1 Å². The first-order chi connectivity index (χ1) is 12.9. The first-order valence-corrected chi connectivity index (χ1v) is 10.9. The van der Waals surface area contributed by atoms with Crippen LogP contribution in [0.5, 0.6) is 0 Å². The summed E-state index contributed by atoms with van der Waals surface area (Å²) in [6.07, 6.45) is 2.62. The smallest absolute Gasteiger partial charge is 0.237 e. The van der Waals surface area contributed by atoms with E-state index in [2.05, 4.69) is 49.0 Å². The molecule has 3 aromatic rings. The van der Waals surface area contributed by atoms with Gasteiger partial charge in [-0.1, -0.05) is 43.8 Å². The van der Waals surface area contributed by atoms with Gasteiger partial charge in [-0.25, -0.2) is 9.97 Å². The van der Waals surface area contributed by atoms with E-state index in [0.29, 0.717) is 5.92 Å². The second-order valence-electron chi connectivity index (χ2n) is 6.79. The molecular formula is C21H25N3OS2. The molecule has 2 unspecified atom stereocenters. The zero-order valence-corrected chi connectivity index (χ0v) is 18.0. The van der Waals surface area contributed by atoms with Gasteiger partial charge >= 0.3 is 0 Å². The number of hydrogen-bond acceptors (Lipinski definition) is 5. The van der Waals surface area contributed by atoms with Crippen molar-refractivity contribution in [3.05, 3.63) is 46.6 Å². The molecule has 0 aliphatic heterocycles. The Hall–Kier alpha value is -1.92. The summed E-state index contributed by atoms with van der Waals surface area (Å²) in [4.78, 5) is 23.9. The molecule has 0 aliphatic rings. The molecule has 0 saturated carbocycles.